The Hall–Kier alpha value is -3.32. The summed E-state index contributed by atoms with van der Waals surface area (Å²) >= 11 is 6.32. The molecule has 0 saturated carbocycles. The molecule has 1 aromatic heterocycles. The molecule has 142 valence electrons. The van der Waals surface area contributed by atoms with E-state index in [1.807, 2.05) is 56.4 Å². The first-order chi connectivity index (χ1) is 13.5. The van der Waals surface area contributed by atoms with Crippen molar-refractivity contribution in [1.82, 2.24) is 14.8 Å². The Balaban J connectivity index is 1.88. The molecular weight excluding hydrogens is 376 g/mol. The van der Waals surface area contributed by atoms with Gasteiger partial charge >= 0.3 is 0 Å². The average Bonchev–Trinajstić information content (AvgIpc) is 3.10. The number of hydrogen-bond donors (Lipinski definition) is 3. The van der Waals surface area contributed by atoms with Gasteiger partial charge in [0.15, 0.2) is 5.82 Å². The molecule has 0 radical (unpaired) electrons. The number of hydrogen-bond acceptors (Lipinski definition) is 5. The van der Waals surface area contributed by atoms with E-state index < -0.39 is 11.9 Å². The van der Waals surface area contributed by atoms with Gasteiger partial charge in [-0.1, -0.05) is 35.9 Å². The second-order valence-electron chi connectivity index (χ2n) is 6.49. The Morgan fingerprint density at radius 2 is 1.93 bits per heavy atom. The molecule has 1 aliphatic heterocycles. The standard InChI is InChI=1S/C20H19ClN6O/c1-11-16(18(22)28)17(12-7-9-13(23-2)10-8-12)27-20(24-11)25-19(26-27)14-5-3-4-6-15(14)21/h3-10,17,23H,1-2H3,(H2,22,28)(H,24,25,26). The molecule has 4 rings (SSSR count). The summed E-state index contributed by atoms with van der Waals surface area (Å²) in [5.41, 5.74) is 9.37. The maximum Gasteiger partial charge on any atom is 0.248 e. The number of rotatable bonds is 4. The molecule has 1 aliphatic rings. The number of amides is 1. The third-order valence-electron chi connectivity index (χ3n) is 4.75. The van der Waals surface area contributed by atoms with Crippen LogP contribution in [-0.4, -0.2) is 27.7 Å². The Morgan fingerprint density at radius 1 is 1.21 bits per heavy atom. The monoisotopic (exact) mass is 394 g/mol. The summed E-state index contributed by atoms with van der Waals surface area (Å²) in [5.74, 6) is 0.497. The number of nitrogens with zero attached hydrogens (tertiary/aromatic N) is 3. The van der Waals surface area contributed by atoms with Crippen LogP contribution in [0, 0.1) is 0 Å². The van der Waals surface area contributed by atoms with Crippen LogP contribution in [0.2, 0.25) is 5.02 Å². The minimum absolute atomic E-state index is 0.445. The predicted molar refractivity (Wildman–Crippen MR) is 110 cm³/mol. The number of aromatic nitrogens is 3. The van der Waals surface area contributed by atoms with E-state index in [0.29, 0.717) is 28.1 Å². The smallest absolute Gasteiger partial charge is 0.248 e. The highest BCUT2D eigenvalue weighted by molar-refractivity contribution is 6.33. The number of fused-ring (bicyclic) bond motifs is 1. The summed E-state index contributed by atoms with van der Waals surface area (Å²) in [6.45, 7) is 1.81. The van der Waals surface area contributed by atoms with Crippen LogP contribution in [0.15, 0.2) is 59.8 Å². The van der Waals surface area contributed by atoms with Crippen molar-refractivity contribution in [3.8, 4) is 11.4 Å². The number of anilines is 2. The number of halogens is 1. The zero-order valence-electron chi connectivity index (χ0n) is 15.4. The lowest BCUT2D eigenvalue weighted by Gasteiger charge is -2.27. The van der Waals surface area contributed by atoms with Crippen LogP contribution < -0.4 is 16.4 Å². The van der Waals surface area contributed by atoms with Gasteiger partial charge < -0.3 is 16.4 Å². The number of benzene rings is 2. The predicted octanol–water partition coefficient (Wildman–Crippen LogP) is 3.41. The highest BCUT2D eigenvalue weighted by Crippen LogP contribution is 2.37. The van der Waals surface area contributed by atoms with Gasteiger partial charge in [0.1, 0.15) is 6.04 Å². The summed E-state index contributed by atoms with van der Waals surface area (Å²) in [4.78, 5) is 16.8. The fourth-order valence-electron chi connectivity index (χ4n) is 3.37. The highest BCUT2D eigenvalue weighted by atomic mass is 35.5. The molecule has 3 aromatic rings. The van der Waals surface area contributed by atoms with E-state index in [0.717, 1.165) is 16.8 Å². The molecule has 4 N–H and O–H groups in total. The minimum Gasteiger partial charge on any atom is -0.388 e. The van der Waals surface area contributed by atoms with Crippen LogP contribution in [0.3, 0.4) is 0 Å². The number of allylic oxidation sites excluding steroid dienone is 1. The molecular formula is C20H19ClN6O. The lowest BCUT2D eigenvalue weighted by atomic mass is 9.95. The van der Waals surface area contributed by atoms with Crippen LogP contribution in [0.4, 0.5) is 11.6 Å². The lowest BCUT2D eigenvalue weighted by Crippen LogP contribution is -2.31. The van der Waals surface area contributed by atoms with E-state index in [1.54, 1.807) is 10.7 Å². The molecule has 0 saturated heterocycles. The Bertz CT molecular complexity index is 1090. The van der Waals surface area contributed by atoms with Gasteiger partial charge in [-0.3, -0.25) is 4.79 Å². The van der Waals surface area contributed by atoms with Crippen molar-refractivity contribution in [3.63, 3.8) is 0 Å². The Morgan fingerprint density at radius 3 is 2.57 bits per heavy atom. The maximum absolute atomic E-state index is 12.2. The molecule has 2 heterocycles. The second-order valence-corrected chi connectivity index (χ2v) is 6.89. The van der Waals surface area contributed by atoms with Crippen LogP contribution in [0.1, 0.15) is 18.5 Å². The van der Waals surface area contributed by atoms with Crippen molar-refractivity contribution in [3.05, 3.63) is 70.4 Å². The number of nitrogens with two attached hydrogens (primary N) is 1. The van der Waals surface area contributed by atoms with Crippen LogP contribution in [0.25, 0.3) is 11.4 Å². The molecule has 28 heavy (non-hydrogen) atoms. The van der Waals surface area contributed by atoms with E-state index >= 15 is 0 Å². The number of carbonyl (C=O) groups is 1. The normalized spacial score (nSPS) is 15.8. The van der Waals surface area contributed by atoms with E-state index in [1.165, 1.54) is 0 Å². The van der Waals surface area contributed by atoms with Crippen molar-refractivity contribution in [2.24, 2.45) is 5.73 Å². The van der Waals surface area contributed by atoms with Crippen molar-refractivity contribution in [1.29, 1.82) is 0 Å². The fraction of sp³-hybridized carbons (Fsp3) is 0.150. The summed E-state index contributed by atoms with van der Waals surface area (Å²) in [5, 5.41) is 11.4. The number of carbonyl (C=O) groups excluding carboxylic acids is 1. The molecule has 7 nitrogen and oxygen atoms in total. The van der Waals surface area contributed by atoms with Crippen molar-refractivity contribution >= 4 is 29.1 Å². The van der Waals surface area contributed by atoms with Crippen molar-refractivity contribution in [2.45, 2.75) is 13.0 Å². The third kappa shape index (κ3) is 2.99. The molecule has 2 aromatic carbocycles. The molecule has 0 fully saturated rings. The number of primary amides is 1. The van der Waals surface area contributed by atoms with Gasteiger partial charge in [0.05, 0.1) is 10.6 Å². The van der Waals surface area contributed by atoms with Gasteiger partial charge in [-0.25, -0.2) is 4.68 Å². The topological polar surface area (TPSA) is 97.9 Å². The summed E-state index contributed by atoms with van der Waals surface area (Å²) in [6.07, 6.45) is 0. The largest absolute Gasteiger partial charge is 0.388 e. The third-order valence-corrected chi connectivity index (χ3v) is 5.08. The second kappa shape index (κ2) is 7.01. The quantitative estimate of drug-likeness (QED) is 0.629. The van der Waals surface area contributed by atoms with Gasteiger partial charge in [-0.15, -0.1) is 5.10 Å². The van der Waals surface area contributed by atoms with Crippen LogP contribution in [0.5, 0.6) is 0 Å². The molecule has 1 amide bonds. The summed E-state index contributed by atoms with van der Waals surface area (Å²) in [6, 6.07) is 14.7. The maximum atomic E-state index is 12.2. The Kier molecular flexibility index (Phi) is 4.52. The first-order valence-electron chi connectivity index (χ1n) is 8.76. The van der Waals surface area contributed by atoms with Gasteiger partial charge in [-0.2, -0.15) is 4.98 Å². The fourth-order valence-corrected chi connectivity index (χ4v) is 3.59. The van der Waals surface area contributed by atoms with Gasteiger partial charge in [0.2, 0.25) is 11.9 Å². The average molecular weight is 395 g/mol. The van der Waals surface area contributed by atoms with Gasteiger partial charge in [-0.05, 0) is 36.8 Å². The van der Waals surface area contributed by atoms with Crippen molar-refractivity contribution < 1.29 is 4.79 Å². The molecule has 8 heteroatoms. The van der Waals surface area contributed by atoms with Gasteiger partial charge in [0.25, 0.3) is 0 Å². The van der Waals surface area contributed by atoms with E-state index in [2.05, 4.69) is 20.7 Å². The Labute approximate surface area is 167 Å². The molecule has 0 aliphatic carbocycles. The highest BCUT2D eigenvalue weighted by Gasteiger charge is 2.33. The zero-order valence-corrected chi connectivity index (χ0v) is 16.2. The van der Waals surface area contributed by atoms with Crippen molar-refractivity contribution in [2.75, 3.05) is 17.7 Å². The van der Waals surface area contributed by atoms with Crippen LogP contribution in [-0.2, 0) is 4.79 Å². The SMILES string of the molecule is CNc1ccc(C2C(C(N)=O)=C(C)Nc3nc(-c4ccccc4Cl)nn32)cc1. The summed E-state index contributed by atoms with van der Waals surface area (Å²) in [7, 11) is 1.85. The first-order valence-corrected chi connectivity index (χ1v) is 9.14. The van der Waals surface area contributed by atoms with E-state index in [-0.39, 0.29) is 0 Å². The summed E-state index contributed by atoms with van der Waals surface area (Å²) < 4.78 is 1.68. The van der Waals surface area contributed by atoms with Gasteiger partial charge in [0, 0.05) is 24.0 Å². The molecule has 0 spiro atoms. The molecule has 1 unspecified atom stereocenters. The molecule has 0 bridgehead atoms. The lowest BCUT2D eigenvalue weighted by molar-refractivity contribution is -0.115. The minimum atomic E-state index is -0.506. The number of nitrogens with one attached hydrogen (secondary N) is 2. The first kappa shape index (κ1) is 18.1. The van der Waals surface area contributed by atoms with Crippen LogP contribution >= 0.6 is 11.6 Å². The van der Waals surface area contributed by atoms with E-state index in [4.69, 9.17) is 17.3 Å². The van der Waals surface area contributed by atoms with E-state index in [9.17, 15) is 4.79 Å². The molecule has 1 atom stereocenters. The zero-order chi connectivity index (χ0) is 19.8.